The van der Waals surface area contributed by atoms with Crippen LogP contribution < -0.4 is 16.6 Å². The third-order valence-electron chi connectivity index (χ3n) is 3.04. The molecule has 0 fully saturated rings. The van der Waals surface area contributed by atoms with E-state index in [0.29, 0.717) is 30.6 Å². The standard InChI is InChI=1S/C12H19N3O3/c1-7-8(2)11(17)15(6-4-5-14-3)12(18)9(7)10(13)16/h14,17H,4-6H2,1-3H3,(H2,13,16). The summed E-state index contributed by atoms with van der Waals surface area (Å²) in [5, 5.41) is 12.9. The highest BCUT2D eigenvalue weighted by atomic mass is 16.3. The van der Waals surface area contributed by atoms with E-state index in [9.17, 15) is 14.7 Å². The van der Waals surface area contributed by atoms with Gasteiger partial charge in [0.2, 0.25) is 0 Å². The first kappa shape index (κ1) is 14.2. The second-order valence-corrected chi connectivity index (χ2v) is 4.23. The van der Waals surface area contributed by atoms with Gasteiger partial charge in [0.05, 0.1) is 0 Å². The number of nitrogens with one attached hydrogen (secondary N) is 1. The minimum absolute atomic E-state index is 0.0465. The van der Waals surface area contributed by atoms with Crippen molar-refractivity contribution in [3.05, 3.63) is 27.0 Å². The highest BCUT2D eigenvalue weighted by Crippen LogP contribution is 2.20. The monoisotopic (exact) mass is 253 g/mol. The maximum atomic E-state index is 12.1. The first-order valence-corrected chi connectivity index (χ1v) is 5.79. The van der Waals surface area contributed by atoms with Crippen molar-refractivity contribution in [1.82, 2.24) is 9.88 Å². The average molecular weight is 253 g/mol. The van der Waals surface area contributed by atoms with Gasteiger partial charge in [0, 0.05) is 12.1 Å². The number of aromatic hydroxyl groups is 1. The second kappa shape index (κ2) is 5.68. The fourth-order valence-electron chi connectivity index (χ4n) is 1.86. The van der Waals surface area contributed by atoms with Crippen LogP contribution in [0.2, 0.25) is 0 Å². The Hall–Kier alpha value is -1.82. The van der Waals surface area contributed by atoms with Crippen molar-refractivity contribution in [2.24, 2.45) is 5.73 Å². The lowest BCUT2D eigenvalue weighted by molar-refractivity contribution is 0.0997. The number of carbonyl (C=O) groups excluding carboxylic acids is 1. The Bertz CT molecular complexity index is 520. The van der Waals surface area contributed by atoms with E-state index in [1.807, 2.05) is 0 Å². The molecule has 4 N–H and O–H groups in total. The van der Waals surface area contributed by atoms with Crippen LogP contribution >= 0.6 is 0 Å². The maximum Gasteiger partial charge on any atom is 0.266 e. The molecule has 1 amide bonds. The number of aromatic nitrogens is 1. The Kier molecular flexibility index (Phi) is 4.49. The number of rotatable bonds is 5. The summed E-state index contributed by atoms with van der Waals surface area (Å²) < 4.78 is 1.19. The molecule has 6 heteroatoms. The summed E-state index contributed by atoms with van der Waals surface area (Å²) in [6, 6.07) is 0. The summed E-state index contributed by atoms with van der Waals surface area (Å²) in [5.41, 5.74) is 5.58. The van der Waals surface area contributed by atoms with E-state index < -0.39 is 11.5 Å². The van der Waals surface area contributed by atoms with Crippen LogP contribution in [-0.2, 0) is 6.54 Å². The first-order chi connectivity index (χ1) is 8.41. The van der Waals surface area contributed by atoms with Crippen LogP contribution in [0.3, 0.4) is 0 Å². The van der Waals surface area contributed by atoms with Crippen LogP contribution in [0.25, 0.3) is 0 Å². The van der Waals surface area contributed by atoms with Crippen LogP contribution in [-0.4, -0.2) is 29.2 Å². The van der Waals surface area contributed by atoms with Crippen molar-refractivity contribution in [3.63, 3.8) is 0 Å². The smallest absolute Gasteiger partial charge is 0.266 e. The van der Waals surface area contributed by atoms with E-state index in [0.717, 1.165) is 0 Å². The van der Waals surface area contributed by atoms with E-state index in [1.54, 1.807) is 20.9 Å². The second-order valence-electron chi connectivity index (χ2n) is 4.23. The lowest BCUT2D eigenvalue weighted by Crippen LogP contribution is -2.32. The van der Waals surface area contributed by atoms with E-state index in [2.05, 4.69) is 5.32 Å². The highest BCUT2D eigenvalue weighted by molar-refractivity contribution is 5.94. The van der Waals surface area contributed by atoms with Crippen molar-refractivity contribution in [3.8, 4) is 5.88 Å². The Morgan fingerprint density at radius 3 is 2.50 bits per heavy atom. The summed E-state index contributed by atoms with van der Waals surface area (Å²) in [6.07, 6.45) is 0.671. The molecule has 18 heavy (non-hydrogen) atoms. The van der Waals surface area contributed by atoms with Crippen LogP contribution in [0.15, 0.2) is 4.79 Å². The van der Waals surface area contributed by atoms with Gasteiger partial charge in [-0.05, 0) is 39.4 Å². The van der Waals surface area contributed by atoms with Crippen molar-refractivity contribution >= 4 is 5.91 Å². The van der Waals surface area contributed by atoms with Gasteiger partial charge in [-0.25, -0.2) is 0 Å². The van der Waals surface area contributed by atoms with Gasteiger partial charge in [-0.15, -0.1) is 0 Å². The van der Waals surface area contributed by atoms with Gasteiger partial charge in [-0.3, -0.25) is 14.2 Å². The molecule has 1 aromatic rings. The van der Waals surface area contributed by atoms with Crippen molar-refractivity contribution in [1.29, 1.82) is 0 Å². The summed E-state index contributed by atoms with van der Waals surface area (Å²) in [5.74, 6) is -0.860. The maximum absolute atomic E-state index is 12.1. The van der Waals surface area contributed by atoms with Crippen molar-refractivity contribution in [2.75, 3.05) is 13.6 Å². The lowest BCUT2D eigenvalue weighted by Gasteiger charge is -2.14. The number of pyridine rings is 1. The minimum Gasteiger partial charge on any atom is -0.494 e. The van der Waals surface area contributed by atoms with Gasteiger partial charge in [0.25, 0.3) is 11.5 Å². The largest absolute Gasteiger partial charge is 0.494 e. The number of nitrogens with two attached hydrogens (primary N) is 1. The predicted octanol–water partition coefficient (Wildman–Crippen LogP) is -0.121. The topological polar surface area (TPSA) is 97.3 Å². The molecule has 100 valence electrons. The van der Waals surface area contributed by atoms with Crippen molar-refractivity contribution in [2.45, 2.75) is 26.8 Å². The van der Waals surface area contributed by atoms with Crippen LogP contribution in [0.1, 0.15) is 27.9 Å². The van der Waals surface area contributed by atoms with E-state index in [1.165, 1.54) is 4.57 Å². The van der Waals surface area contributed by atoms with Gasteiger partial charge in [0.1, 0.15) is 5.56 Å². The van der Waals surface area contributed by atoms with E-state index in [4.69, 9.17) is 5.73 Å². The summed E-state index contributed by atoms with van der Waals surface area (Å²) in [7, 11) is 1.80. The van der Waals surface area contributed by atoms with Gasteiger partial charge in [0.15, 0.2) is 5.88 Å². The van der Waals surface area contributed by atoms with Gasteiger partial charge >= 0.3 is 0 Å². The molecule has 1 rings (SSSR count). The molecule has 0 saturated heterocycles. The quantitative estimate of drug-likeness (QED) is 0.637. The Morgan fingerprint density at radius 2 is 2.00 bits per heavy atom. The minimum atomic E-state index is -0.761. The number of hydrogen-bond donors (Lipinski definition) is 3. The molecule has 0 spiro atoms. The zero-order valence-electron chi connectivity index (χ0n) is 10.9. The van der Waals surface area contributed by atoms with E-state index in [-0.39, 0.29) is 11.4 Å². The predicted molar refractivity (Wildman–Crippen MR) is 68.9 cm³/mol. The van der Waals surface area contributed by atoms with Crippen LogP contribution in [0.5, 0.6) is 5.88 Å². The number of nitrogens with zero attached hydrogens (tertiary/aromatic N) is 1. The normalized spacial score (nSPS) is 10.6. The molecule has 0 aliphatic rings. The third-order valence-corrected chi connectivity index (χ3v) is 3.04. The van der Waals surface area contributed by atoms with Crippen LogP contribution in [0.4, 0.5) is 0 Å². The Balaban J connectivity index is 3.34. The summed E-state index contributed by atoms with van der Waals surface area (Å²) in [6.45, 7) is 4.32. The molecule has 1 heterocycles. The fourth-order valence-corrected chi connectivity index (χ4v) is 1.86. The molecule has 0 bridgehead atoms. The lowest BCUT2D eigenvalue weighted by atomic mass is 10.1. The molecular weight excluding hydrogens is 234 g/mol. The highest BCUT2D eigenvalue weighted by Gasteiger charge is 2.19. The zero-order chi connectivity index (χ0) is 13.9. The molecule has 0 unspecified atom stereocenters. The summed E-state index contributed by atoms with van der Waals surface area (Å²) in [4.78, 5) is 23.4. The molecule has 6 nitrogen and oxygen atoms in total. The number of amides is 1. The SMILES string of the molecule is CNCCCn1c(O)c(C)c(C)c(C(N)=O)c1=O. The summed E-state index contributed by atoms with van der Waals surface area (Å²) >= 11 is 0. The third kappa shape index (κ3) is 2.53. The molecule has 1 aromatic heterocycles. The Labute approximate surface area is 105 Å². The van der Waals surface area contributed by atoms with Gasteiger partial charge in [-0.2, -0.15) is 0 Å². The molecule has 0 aliphatic heterocycles. The number of carbonyl (C=O) groups is 1. The molecule has 0 saturated carbocycles. The molecule has 0 aromatic carbocycles. The molecular formula is C12H19N3O3. The molecule has 0 aliphatic carbocycles. The zero-order valence-corrected chi connectivity index (χ0v) is 10.9. The van der Waals surface area contributed by atoms with Gasteiger partial charge in [-0.1, -0.05) is 0 Å². The average Bonchev–Trinajstić information content (AvgIpc) is 2.30. The molecule has 0 radical (unpaired) electrons. The van der Waals surface area contributed by atoms with Crippen LogP contribution in [0, 0.1) is 13.8 Å². The Morgan fingerprint density at radius 1 is 1.39 bits per heavy atom. The fraction of sp³-hybridized carbons (Fsp3) is 0.500. The van der Waals surface area contributed by atoms with Gasteiger partial charge < -0.3 is 16.2 Å². The molecule has 0 atom stereocenters. The van der Waals surface area contributed by atoms with E-state index >= 15 is 0 Å². The van der Waals surface area contributed by atoms with Crippen molar-refractivity contribution < 1.29 is 9.90 Å². The number of primary amides is 1. The number of hydrogen-bond acceptors (Lipinski definition) is 4. The first-order valence-electron chi connectivity index (χ1n) is 5.79.